The van der Waals surface area contributed by atoms with Gasteiger partial charge in [-0.15, -0.1) is 0 Å². The molecule has 0 amide bonds. The number of nitrogens with one attached hydrogen (secondary N) is 1. The van der Waals surface area contributed by atoms with Gasteiger partial charge in [-0.05, 0) is 51.7 Å². The van der Waals surface area contributed by atoms with Crippen LogP contribution in [-0.4, -0.2) is 49.3 Å². The lowest BCUT2D eigenvalue weighted by Crippen LogP contribution is -2.44. The molecule has 1 aliphatic rings. The van der Waals surface area contributed by atoms with Crippen LogP contribution in [0.3, 0.4) is 0 Å². The van der Waals surface area contributed by atoms with Crippen LogP contribution in [0, 0.1) is 5.92 Å². The number of aliphatic hydroxyl groups excluding tert-OH is 1. The third-order valence-electron chi connectivity index (χ3n) is 3.24. The Bertz CT molecular complexity index is 164. The van der Waals surface area contributed by atoms with Crippen LogP contribution in [0.1, 0.15) is 32.6 Å². The van der Waals surface area contributed by atoms with Gasteiger partial charge < -0.3 is 15.3 Å². The van der Waals surface area contributed by atoms with Crippen molar-refractivity contribution in [3.05, 3.63) is 0 Å². The number of piperidine rings is 1. The van der Waals surface area contributed by atoms with Crippen molar-refractivity contribution in [1.82, 2.24) is 10.2 Å². The molecule has 1 fully saturated rings. The summed E-state index contributed by atoms with van der Waals surface area (Å²) in [6.07, 6.45) is 4.95. The van der Waals surface area contributed by atoms with E-state index in [0.29, 0.717) is 18.6 Å². The largest absolute Gasteiger partial charge is 0.396 e. The molecule has 1 aliphatic heterocycles. The fraction of sp³-hybridized carbons (Fsp3) is 1.00. The smallest absolute Gasteiger partial charge is 0.0456 e. The van der Waals surface area contributed by atoms with Gasteiger partial charge in [0.1, 0.15) is 0 Å². The second kappa shape index (κ2) is 7.20. The minimum absolute atomic E-state index is 0.326. The van der Waals surface area contributed by atoms with Crippen LogP contribution in [0.5, 0.6) is 0 Å². The van der Waals surface area contributed by atoms with Crippen LogP contribution in [-0.2, 0) is 0 Å². The van der Waals surface area contributed by atoms with Crippen molar-refractivity contribution >= 4 is 0 Å². The summed E-state index contributed by atoms with van der Waals surface area (Å²) in [5.41, 5.74) is 0. The number of likely N-dealkylation sites (tertiary alicyclic amines) is 1. The van der Waals surface area contributed by atoms with Gasteiger partial charge in [0.2, 0.25) is 0 Å². The predicted octanol–water partition coefficient (Wildman–Crippen LogP) is 1.08. The molecule has 0 radical (unpaired) electrons. The Balaban J connectivity index is 1.99. The molecule has 2 atom stereocenters. The van der Waals surface area contributed by atoms with Crippen molar-refractivity contribution in [2.45, 2.75) is 38.6 Å². The summed E-state index contributed by atoms with van der Waals surface area (Å²) in [7, 11) is 2.20. The minimum Gasteiger partial charge on any atom is -0.396 e. The van der Waals surface area contributed by atoms with Crippen molar-refractivity contribution in [1.29, 1.82) is 0 Å². The summed E-state index contributed by atoms with van der Waals surface area (Å²) in [6, 6.07) is 0.688. The summed E-state index contributed by atoms with van der Waals surface area (Å²) >= 11 is 0. The molecule has 3 heteroatoms. The molecule has 1 rings (SSSR count). The Morgan fingerprint density at radius 3 is 3.00 bits per heavy atom. The van der Waals surface area contributed by atoms with Gasteiger partial charge in [-0.1, -0.05) is 6.92 Å². The average molecular weight is 214 g/mol. The van der Waals surface area contributed by atoms with Gasteiger partial charge in [0.25, 0.3) is 0 Å². The molecule has 2 N–H and O–H groups in total. The molecule has 0 aromatic heterocycles. The molecule has 0 aliphatic carbocycles. The van der Waals surface area contributed by atoms with Crippen LogP contribution in [0.2, 0.25) is 0 Å². The predicted molar refractivity (Wildman–Crippen MR) is 64.0 cm³/mol. The molecule has 0 saturated carbocycles. The lowest BCUT2D eigenvalue weighted by Gasteiger charge is -2.30. The van der Waals surface area contributed by atoms with Gasteiger partial charge in [-0.3, -0.25) is 0 Å². The highest BCUT2D eigenvalue weighted by molar-refractivity contribution is 4.76. The molecule has 1 saturated heterocycles. The van der Waals surface area contributed by atoms with Gasteiger partial charge in [0.15, 0.2) is 0 Å². The van der Waals surface area contributed by atoms with Crippen molar-refractivity contribution < 1.29 is 5.11 Å². The topological polar surface area (TPSA) is 35.5 Å². The summed E-state index contributed by atoms with van der Waals surface area (Å²) in [4.78, 5) is 2.40. The fourth-order valence-corrected chi connectivity index (χ4v) is 2.18. The molecule has 15 heavy (non-hydrogen) atoms. The first-order valence-electron chi connectivity index (χ1n) is 6.25. The Morgan fingerprint density at radius 2 is 2.33 bits per heavy atom. The zero-order valence-electron chi connectivity index (χ0n) is 10.2. The number of hydrogen-bond donors (Lipinski definition) is 2. The molecule has 90 valence electrons. The first-order chi connectivity index (χ1) is 7.22. The SMILES string of the molecule is CC(CO)CCCNC1CCCN(C)C1. The molecule has 0 spiro atoms. The van der Waals surface area contributed by atoms with E-state index in [4.69, 9.17) is 5.11 Å². The number of nitrogens with zero attached hydrogens (tertiary/aromatic N) is 1. The first-order valence-corrected chi connectivity index (χ1v) is 6.25. The normalized spacial score (nSPS) is 25.4. The molecular formula is C12H26N2O. The summed E-state index contributed by atoms with van der Waals surface area (Å²) in [5, 5.41) is 12.5. The number of likely N-dealkylation sites (N-methyl/N-ethyl adjacent to an activating group) is 1. The van der Waals surface area contributed by atoms with Crippen LogP contribution >= 0.6 is 0 Å². The van der Waals surface area contributed by atoms with Gasteiger partial charge in [0.05, 0.1) is 0 Å². The molecule has 0 bridgehead atoms. The standard InChI is InChI=1S/C12H26N2O/c1-11(10-15)5-3-7-13-12-6-4-8-14(2)9-12/h11-13,15H,3-10H2,1-2H3. The van der Waals surface area contributed by atoms with Crippen molar-refractivity contribution in [3.63, 3.8) is 0 Å². The summed E-state index contributed by atoms with van der Waals surface area (Å²) in [6.45, 7) is 5.97. The zero-order valence-corrected chi connectivity index (χ0v) is 10.2. The first kappa shape index (κ1) is 12.9. The van der Waals surface area contributed by atoms with E-state index in [2.05, 4.69) is 24.2 Å². The van der Waals surface area contributed by atoms with Crippen LogP contribution in [0.25, 0.3) is 0 Å². The van der Waals surface area contributed by atoms with Crippen molar-refractivity contribution in [2.75, 3.05) is 33.3 Å². The zero-order chi connectivity index (χ0) is 11.1. The number of aliphatic hydroxyl groups is 1. The highest BCUT2D eigenvalue weighted by atomic mass is 16.3. The summed E-state index contributed by atoms with van der Waals surface area (Å²) < 4.78 is 0. The molecule has 2 unspecified atom stereocenters. The minimum atomic E-state index is 0.326. The van der Waals surface area contributed by atoms with Crippen molar-refractivity contribution in [2.24, 2.45) is 5.92 Å². The Kier molecular flexibility index (Phi) is 6.22. The van der Waals surface area contributed by atoms with Gasteiger partial charge in [-0.25, -0.2) is 0 Å². The van der Waals surface area contributed by atoms with E-state index in [9.17, 15) is 0 Å². The molecule has 0 aromatic carbocycles. The quantitative estimate of drug-likeness (QED) is 0.650. The number of hydrogen-bond acceptors (Lipinski definition) is 3. The molecular weight excluding hydrogens is 188 g/mol. The maximum atomic E-state index is 8.89. The maximum absolute atomic E-state index is 8.89. The van der Waals surface area contributed by atoms with Gasteiger partial charge in [-0.2, -0.15) is 0 Å². The summed E-state index contributed by atoms with van der Waals surface area (Å²) in [5.74, 6) is 0.459. The third kappa shape index (κ3) is 5.50. The molecule has 0 aromatic rings. The van der Waals surface area contributed by atoms with E-state index in [0.717, 1.165) is 13.0 Å². The molecule has 3 nitrogen and oxygen atoms in total. The van der Waals surface area contributed by atoms with E-state index in [1.54, 1.807) is 0 Å². The lowest BCUT2D eigenvalue weighted by molar-refractivity contribution is 0.217. The van der Waals surface area contributed by atoms with E-state index in [1.165, 1.54) is 32.4 Å². The van der Waals surface area contributed by atoms with Gasteiger partial charge in [0, 0.05) is 19.2 Å². The van der Waals surface area contributed by atoms with Crippen molar-refractivity contribution in [3.8, 4) is 0 Å². The second-order valence-electron chi connectivity index (χ2n) is 4.99. The fourth-order valence-electron chi connectivity index (χ4n) is 2.18. The average Bonchev–Trinajstić information content (AvgIpc) is 2.24. The third-order valence-corrected chi connectivity index (χ3v) is 3.24. The Hall–Kier alpha value is -0.120. The highest BCUT2D eigenvalue weighted by Gasteiger charge is 2.15. The Labute approximate surface area is 93.9 Å². The highest BCUT2D eigenvalue weighted by Crippen LogP contribution is 2.08. The van der Waals surface area contributed by atoms with Crippen LogP contribution in [0.15, 0.2) is 0 Å². The molecule has 1 heterocycles. The van der Waals surface area contributed by atoms with Crippen LogP contribution < -0.4 is 5.32 Å². The number of rotatable bonds is 6. The maximum Gasteiger partial charge on any atom is 0.0456 e. The van der Waals surface area contributed by atoms with E-state index in [-0.39, 0.29) is 0 Å². The lowest BCUT2D eigenvalue weighted by atomic mass is 10.0. The van der Waals surface area contributed by atoms with E-state index < -0.39 is 0 Å². The van der Waals surface area contributed by atoms with E-state index >= 15 is 0 Å². The van der Waals surface area contributed by atoms with Gasteiger partial charge >= 0.3 is 0 Å². The van der Waals surface area contributed by atoms with Crippen LogP contribution in [0.4, 0.5) is 0 Å². The van der Waals surface area contributed by atoms with E-state index in [1.807, 2.05) is 0 Å². The second-order valence-corrected chi connectivity index (χ2v) is 4.99. The monoisotopic (exact) mass is 214 g/mol. The Morgan fingerprint density at radius 1 is 1.53 bits per heavy atom.